The molecule has 7 heteroatoms. The molecule has 0 aliphatic rings. The number of rotatable bonds is 3. The van der Waals surface area contributed by atoms with Gasteiger partial charge in [-0.15, -0.1) is 0 Å². The monoisotopic (exact) mass is 287 g/mol. The number of hydrogen-bond acceptors (Lipinski definition) is 5. The average molecular weight is 287 g/mol. The summed E-state index contributed by atoms with van der Waals surface area (Å²) in [6, 6.07) is 10.3. The first-order valence-electron chi connectivity index (χ1n) is 6.13. The van der Waals surface area contributed by atoms with Crippen molar-refractivity contribution >= 4 is 28.4 Å². The number of benzene rings is 2. The highest BCUT2D eigenvalue weighted by Crippen LogP contribution is 2.26. The number of nitrogens with two attached hydrogens (primary N) is 1. The maximum absolute atomic E-state index is 13.7. The van der Waals surface area contributed by atoms with Crippen LogP contribution in [0.4, 0.5) is 26.2 Å². The first kappa shape index (κ1) is 13.2. The van der Waals surface area contributed by atoms with Crippen LogP contribution in [0.15, 0.2) is 42.5 Å². The Kier molecular flexibility index (Phi) is 3.33. The molecule has 5 nitrogen and oxygen atoms in total. The molecule has 4 N–H and O–H groups in total. The van der Waals surface area contributed by atoms with Gasteiger partial charge in [-0.25, -0.2) is 19.6 Å². The Bertz CT molecular complexity index is 806. The summed E-state index contributed by atoms with van der Waals surface area (Å²) in [5.41, 5.74) is 2.95. The van der Waals surface area contributed by atoms with Crippen LogP contribution in [0, 0.1) is 11.6 Å². The van der Waals surface area contributed by atoms with Gasteiger partial charge < -0.3 is 5.32 Å². The molecule has 0 saturated carbocycles. The van der Waals surface area contributed by atoms with Crippen molar-refractivity contribution in [3.8, 4) is 0 Å². The molecule has 2 aromatic carbocycles. The lowest BCUT2D eigenvalue weighted by molar-refractivity contribution is 0.603. The van der Waals surface area contributed by atoms with Crippen LogP contribution in [-0.4, -0.2) is 9.97 Å². The van der Waals surface area contributed by atoms with E-state index in [0.717, 1.165) is 18.2 Å². The van der Waals surface area contributed by atoms with E-state index in [1.165, 1.54) is 0 Å². The molecule has 3 aromatic rings. The standard InChI is InChI=1S/C14H11F2N5/c15-8-5-6-10(16)12(7-8)18-13-9-3-1-2-4-11(9)19-14(20-13)21-17/h1-7H,17H2,(H2,18,19,20,21). The third kappa shape index (κ3) is 2.59. The quantitative estimate of drug-likeness (QED) is 0.510. The molecule has 0 aliphatic heterocycles. The highest BCUT2D eigenvalue weighted by atomic mass is 19.1. The third-order valence-corrected chi connectivity index (χ3v) is 2.91. The Morgan fingerprint density at radius 1 is 1.00 bits per heavy atom. The number of nitrogens with one attached hydrogen (secondary N) is 2. The van der Waals surface area contributed by atoms with Gasteiger partial charge in [0.15, 0.2) is 0 Å². The molecule has 0 amide bonds. The van der Waals surface area contributed by atoms with Gasteiger partial charge in [0.1, 0.15) is 17.5 Å². The first-order chi connectivity index (χ1) is 10.2. The molecule has 0 saturated heterocycles. The Morgan fingerprint density at radius 3 is 2.62 bits per heavy atom. The molecule has 0 aliphatic carbocycles. The Balaban J connectivity index is 2.13. The van der Waals surface area contributed by atoms with Gasteiger partial charge in [0.05, 0.1) is 11.2 Å². The van der Waals surface area contributed by atoms with E-state index in [1.807, 2.05) is 6.07 Å². The number of nitrogens with zero attached hydrogens (tertiary/aromatic N) is 2. The second-order valence-corrected chi connectivity index (χ2v) is 4.31. The lowest BCUT2D eigenvalue weighted by Crippen LogP contribution is -2.11. The summed E-state index contributed by atoms with van der Waals surface area (Å²) in [7, 11) is 0. The Hall–Kier alpha value is -2.80. The van der Waals surface area contributed by atoms with E-state index in [-0.39, 0.29) is 11.6 Å². The van der Waals surface area contributed by atoms with Crippen LogP contribution in [0.25, 0.3) is 10.9 Å². The lowest BCUT2D eigenvalue weighted by atomic mass is 10.2. The van der Waals surface area contributed by atoms with E-state index < -0.39 is 11.6 Å². The van der Waals surface area contributed by atoms with Gasteiger partial charge in [-0.05, 0) is 24.3 Å². The second-order valence-electron chi connectivity index (χ2n) is 4.31. The molecule has 1 heterocycles. The molecule has 3 rings (SSSR count). The van der Waals surface area contributed by atoms with E-state index in [9.17, 15) is 8.78 Å². The minimum atomic E-state index is -0.582. The van der Waals surface area contributed by atoms with Crippen molar-refractivity contribution in [1.82, 2.24) is 9.97 Å². The van der Waals surface area contributed by atoms with Crippen LogP contribution in [0.3, 0.4) is 0 Å². The minimum Gasteiger partial charge on any atom is -0.337 e. The fourth-order valence-corrected chi connectivity index (χ4v) is 1.96. The van der Waals surface area contributed by atoms with Gasteiger partial charge in [0.25, 0.3) is 0 Å². The number of para-hydroxylation sites is 1. The van der Waals surface area contributed by atoms with Crippen LogP contribution >= 0.6 is 0 Å². The van der Waals surface area contributed by atoms with Crippen molar-refractivity contribution in [3.05, 3.63) is 54.1 Å². The zero-order valence-corrected chi connectivity index (χ0v) is 10.8. The zero-order valence-electron chi connectivity index (χ0n) is 10.8. The largest absolute Gasteiger partial charge is 0.337 e. The number of nitrogen functional groups attached to an aromatic ring is 1. The summed E-state index contributed by atoms with van der Waals surface area (Å²) in [5.74, 6) is 4.70. The van der Waals surface area contributed by atoms with E-state index in [4.69, 9.17) is 5.84 Å². The molecule has 106 valence electrons. The predicted molar refractivity (Wildman–Crippen MR) is 77.0 cm³/mol. The predicted octanol–water partition coefficient (Wildman–Crippen LogP) is 2.94. The van der Waals surface area contributed by atoms with Gasteiger partial charge >= 0.3 is 0 Å². The number of aromatic nitrogens is 2. The highest BCUT2D eigenvalue weighted by Gasteiger charge is 2.10. The number of hydrazine groups is 1. The van der Waals surface area contributed by atoms with Crippen LogP contribution in [-0.2, 0) is 0 Å². The molecular formula is C14H11F2N5. The highest BCUT2D eigenvalue weighted by molar-refractivity contribution is 5.91. The van der Waals surface area contributed by atoms with Gasteiger partial charge in [-0.1, -0.05) is 12.1 Å². The summed E-state index contributed by atoms with van der Waals surface area (Å²) in [5, 5.41) is 3.44. The van der Waals surface area contributed by atoms with Crippen LogP contribution < -0.4 is 16.6 Å². The van der Waals surface area contributed by atoms with Crippen molar-refractivity contribution < 1.29 is 8.78 Å². The van der Waals surface area contributed by atoms with E-state index in [1.54, 1.807) is 18.2 Å². The first-order valence-corrected chi connectivity index (χ1v) is 6.13. The van der Waals surface area contributed by atoms with Gasteiger partial charge in [0.2, 0.25) is 5.95 Å². The fraction of sp³-hybridized carbons (Fsp3) is 0. The maximum Gasteiger partial charge on any atom is 0.239 e. The van der Waals surface area contributed by atoms with Crippen LogP contribution in [0.2, 0.25) is 0 Å². The van der Waals surface area contributed by atoms with Crippen molar-refractivity contribution in [2.24, 2.45) is 5.84 Å². The summed E-state index contributed by atoms with van der Waals surface area (Å²) in [6.45, 7) is 0. The van der Waals surface area contributed by atoms with Crippen LogP contribution in [0.5, 0.6) is 0 Å². The molecule has 0 fully saturated rings. The van der Waals surface area contributed by atoms with Gasteiger partial charge in [-0.2, -0.15) is 4.98 Å². The van der Waals surface area contributed by atoms with Crippen molar-refractivity contribution in [2.45, 2.75) is 0 Å². The fourth-order valence-electron chi connectivity index (χ4n) is 1.96. The molecule has 1 aromatic heterocycles. The van der Waals surface area contributed by atoms with Crippen LogP contribution in [0.1, 0.15) is 0 Å². The normalized spacial score (nSPS) is 10.6. The zero-order chi connectivity index (χ0) is 14.8. The minimum absolute atomic E-state index is 0.0122. The number of hydrogen-bond donors (Lipinski definition) is 3. The van der Waals surface area contributed by atoms with Crippen molar-refractivity contribution in [3.63, 3.8) is 0 Å². The van der Waals surface area contributed by atoms with E-state index >= 15 is 0 Å². The smallest absolute Gasteiger partial charge is 0.239 e. The summed E-state index contributed by atoms with van der Waals surface area (Å²) in [6.07, 6.45) is 0. The molecule has 0 spiro atoms. The van der Waals surface area contributed by atoms with Crippen molar-refractivity contribution in [1.29, 1.82) is 0 Å². The molecular weight excluding hydrogens is 276 g/mol. The number of anilines is 3. The van der Waals surface area contributed by atoms with Gasteiger partial charge in [0, 0.05) is 11.5 Å². The third-order valence-electron chi connectivity index (χ3n) is 2.91. The van der Waals surface area contributed by atoms with Crippen molar-refractivity contribution in [2.75, 3.05) is 10.7 Å². The summed E-state index contributed by atoms with van der Waals surface area (Å²) < 4.78 is 27.0. The summed E-state index contributed by atoms with van der Waals surface area (Å²) >= 11 is 0. The maximum atomic E-state index is 13.7. The lowest BCUT2D eigenvalue weighted by Gasteiger charge is -2.11. The molecule has 21 heavy (non-hydrogen) atoms. The topological polar surface area (TPSA) is 75.9 Å². The number of halogens is 2. The Labute approximate surface area is 118 Å². The van der Waals surface area contributed by atoms with E-state index in [0.29, 0.717) is 16.7 Å². The van der Waals surface area contributed by atoms with E-state index in [2.05, 4.69) is 20.7 Å². The molecule has 0 bridgehead atoms. The molecule has 0 atom stereocenters. The van der Waals surface area contributed by atoms with Gasteiger partial charge in [-0.3, -0.25) is 5.43 Å². The number of fused-ring (bicyclic) bond motifs is 1. The summed E-state index contributed by atoms with van der Waals surface area (Å²) in [4.78, 5) is 8.32. The average Bonchev–Trinajstić information content (AvgIpc) is 2.50. The molecule has 0 radical (unpaired) electrons. The molecule has 0 unspecified atom stereocenters. The Morgan fingerprint density at radius 2 is 1.81 bits per heavy atom. The second kappa shape index (κ2) is 5.29. The SMILES string of the molecule is NNc1nc(Nc2cc(F)ccc2F)c2ccccc2n1.